The summed E-state index contributed by atoms with van der Waals surface area (Å²) in [5.74, 6) is -0.360. The van der Waals surface area contributed by atoms with E-state index in [0.717, 1.165) is 40.7 Å². The number of nitrogens with zero attached hydrogens (tertiary/aromatic N) is 1. The summed E-state index contributed by atoms with van der Waals surface area (Å²) in [6, 6.07) is 33.7. The maximum atomic E-state index is 14.6. The summed E-state index contributed by atoms with van der Waals surface area (Å²) in [4.78, 5) is 31.1. The molecule has 0 fully saturated rings. The SMILES string of the molecule is CNC(=O)c1ccc(CCNCCC(C(=O)Nc2nc(-c3ccc(NS(C)(=O)=O)cc3)c(Cl)s2)(c2ccccc2)c2ccccc2)cc1. The number of sulfonamides is 1. The molecular weight excluding hydrogens is 666 g/mol. The average molecular weight is 702 g/mol. The highest BCUT2D eigenvalue weighted by atomic mass is 35.5. The second kappa shape index (κ2) is 15.6. The van der Waals surface area contributed by atoms with Gasteiger partial charge in [-0.3, -0.25) is 14.3 Å². The number of anilines is 2. The molecule has 0 unspecified atom stereocenters. The van der Waals surface area contributed by atoms with Crippen molar-refractivity contribution in [3.05, 3.63) is 136 Å². The van der Waals surface area contributed by atoms with E-state index in [9.17, 15) is 18.0 Å². The number of carbonyl (C=O) groups excluding carboxylic acids is 2. The maximum absolute atomic E-state index is 14.6. The van der Waals surface area contributed by atoms with Crippen LogP contribution in [-0.4, -0.2) is 51.6 Å². The van der Waals surface area contributed by atoms with Gasteiger partial charge < -0.3 is 16.0 Å². The largest absolute Gasteiger partial charge is 0.355 e. The van der Waals surface area contributed by atoms with Gasteiger partial charge in [0.15, 0.2) is 5.13 Å². The summed E-state index contributed by atoms with van der Waals surface area (Å²) in [5, 5.41) is 9.57. The molecule has 0 saturated heterocycles. The minimum atomic E-state index is -3.41. The lowest BCUT2D eigenvalue weighted by Crippen LogP contribution is -2.44. The van der Waals surface area contributed by atoms with Gasteiger partial charge in [0.25, 0.3) is 5.91 Å². The molecule has 9 nitrogen and oxygen atoms in total. The molecule has 5 rings (SSSR count). The minimum Gasteiger partial charge on any atom is -0.355 e. The van der Waals surface area contributed by atoms with Crippen LogP contribution in [0.25, 0.3) is 11.3 Å². The summed E-state index contributed by atoms with van der Waals surface area (Å²) in [6.45, 7) is 1.23. The number of nitrogens with one attached hydrogen (secondary N) is 4. The number of carbonyl (C=O) groups is 2. The Morgan fingerprint density at radius 2 is 1.44 bits per heavy atom. The molecule has 1 heterocycles. The van der Waals surface area contributed by atoms with Gasteiger partial charge in [-0.15, -0.1) is 0 Å². The molecule has 4 N–H and O–H groups in total. The van der Waals surface area contributed by atoms with E-state index >= 15 is 0 Å². The van der Waals surface area contributed by atoms with Crippen LogP contribution in [0.2, 0.25) is 4.34 Å². The summed E-state index contributed by atoms with van der Waals surface area (Å²) in [5.41, 5.74) is 3.94. The van der Waals surface area contributed by atoms with Crippen LogP contribution in [0.1, 0.15) is 33.5 Å². The third-order valence-electron chi connectivity index (χ3n) is 7.90. The van der Waals surface area contributed by atoms with Gasteiger partial charge in [0.05, 0.1) is 6.26 Å². The van der Waals surface area contributed by atoms with Gasteiger partial charge in [-0.2, -0.15) is 0 Å². The minimum absolute atomic E-state index is 0.120. The smallest absolute Gasteiger partial charge is 0.251 e. The van der Waals surface area contributed by atoms with Gasteiger partial charge >= 0.3 is 0 Å². The van der Waals surface area contributed by atoms with Crippen molar-refractivity contribution in [1.29, 1.82) is 0 Å². The number of rotatable bonds is 14. The Hall–Kier alpha value is -4.55. The molecule has 0 spiro atoms. The molecule has 0 aliphatic heterocycles. The monoisotopic (exact) mass is 701 g/mol. The van der Waals surface area contributed by atoms with Crippen molar-refractivity contribution in [2.45, 2.75) is 18.3 Å². The third kappa shape index (κ3) is 8.48. The second-order valence-corrected chi connectivity index (χ2v) is 14.6. The quantitative estimate of drug-likeness (QED) is 0.100. The van der Waals surface area contributed by atoms with Crippen LogP contribution in [0, 0.1) is 0 Å². The molecule has 4 aromatic carbocycles. The highest BCUT2D eigenvalue weighted by Crippen LogP contribution is 2.40. The number of halogens is 1. The second-order valence-electron chi connectivity index (χ2n) is 11.2. The molecule has 5 aromatic rings. The Balaban J connectivity index is 1.37. The standard InChI is InChI=1S/C36H36ClN5O4S2/c1-38-33(43)27-15-13-25(14-16-27)21-23-39-24-22-36(28-9-5-3-6-10-28,29-11-7-4-8-12-29)34(44)41-35-40-31(32(37)47-35)26-17-19-30(20-18-26)42-48(2,45)46/h3-20,39,42H,21-24H2,1-2H3,(H,38,43)(H,40,41,44). The Morgan fingerprint density at radius 3 is 2.00 bits per heavy atom. The number of hydrogen-bond acceptors (Lipinski definition) is 7. The summed E-state index contributed by atoms with van der Waals surface area (Å²) in [6.07, 6.45) is 2.31. The zero-order chi connectivity index (χ0) is 34.1. The van der Waals surface area contributed by atoms with Crippen molar-refractivity contribution < 1.29 is 18.0 Å². The molecule has 0 atom stereocenters. The highest BCUT2D eigenvalue weighted by molar-refractivity contribution is 7.92. The van der Waals surface area contributed by atoms with Gasteiger partial charge in [-0.1, -0.05) is 108 Å². The first-order valence-corrected chi connectivity index (χ1v) is 18.4. The zero-order valence-electron chi connectivity index (χ0n) is 26.5. The molecule has 248 valence electrons. The van der Waals surface area contributed by atoms with Crippen LogP contribution >= 0.6 is 22.9 Å². The first-order chi connectivity index (χ1) is 23.1. The first-order valence-electron chi connectivity index (χ1n) is 15.3. The predicted octanol–water partition coefficient (Wildman–Crippen LogP) is 6.34. The van der Waals surface area contributed by atoms with E-state index in [0.29, 0.717) is 51.5 Å². The lowest BCUT2D eigenvalue weighted by atomic mass is 9.71. The number of aromatic nitrogens is 1. The molecule has 0 saturated carbocycles. The normalized spacial score (nSPS) is 11.6. The fourth-order valence-corrected chi connectivity index (χ4v) is 7.17. The Labute approximate surface area is 289 Å². The molecule has 48 heavy (non-hydrogen) atoms. The lowest BCUT2D eigenvalue weighted by molar-refractivity contribution is -0.120. The predicted molar refractivity (Wildman–Crippen MR) is 194 cm³/mol. The van der Waals surface area contributed by atoms with Crippen molar-refractivity contribution in [3.63, 3.8) is 0 Å². The highest BCUT2D eigenvalue weighted by Gasteiger charge is 2.42. The van der Waals surface area contributed by atoms with Crippen LogP contribution in [0.15, 0.2) is 109 Å². The van der Waals surface area contributed by atoms with E-state index in [4.69, 9.17) is 11.6 Å². The molecule has 2 amide bonds. The van der Waals surface area contributed by atoms with Crippen molar-refractivity contribution in [2.75, 3.05) is 36.4 Å². The third-order valence-corrected chi connectivity index (χ3v) is 9.68. The summed E-state index contributed by atoms with van der Waals surface area (Å²) in [7, 11) is -1.80. The van der Waals surface area contributed by atoms with Crippen molar-refractivity contribution in [2.24, 2.45) is 0 Å². The summed E-state index contributed by atoms with van der Waals surface area (Å²) >= 11 is 7.78. The van der Waals surface area contributed by atoms with Gasteiger partial charge in [-0.25, -0.2) is 13.4 Å². The van der Waals surface area contributed by atoms with E-state index in [1.807, 2.05) is 84.9 Å². The maximum Gasteiger partial charge on any atom is 0.251 e. The van der Waals surface area contributed by atoms with Crippen LogP contribution in [0.4, 0.5) is 10.8 Å². The zero-order valence-corrected chi connectivity index (χ0v) is 28.9. The van der Waals surface area contributed by atoms with Crippen LogP contribution < -0.4 is 20.7 Å². The Bertz CT molecular complexity index is 1910. The van der Waals surface area contributed by atoms with Crippen molar-refractivity contribution >= 4 is 55.6 Å². The van der Waals surface area contributed by atoms with Gasteiger partial charge in [-0.05, 0) is 66.9 Å². The van der Waals surface area contributed by atoms with Gasteiger partial charge in [0, 0.05) is 23.9 Å². The average Bonchev–Trinajstić information content (AvgIpc) is 3.46. The van der Waals surface area contributed by atoms with E-state index in [2.05, 4.69) is 25.7 Å². The summed E-state index contributed by atoms with van der Waals surface area (Å²) < 4.78 is 26.0. The van der Waals surface area contributed by atoms with E-state index in [-0.39, 0.29) is 11.8 Å². The van der Waals surface area contributed by atoms with Crippen LogP contribution in [-0.2, 0) is 26.7 Å². The Kier molecular flexibility index (Phi) is 11.3. The van der Waals surface area contributed by atoms with E-state index in [1.54, 1.807) is 31.3 Å². The van der Waals surface area contributed by atoms with Gasteiger partial charge in [0.2, 0.25) is 15.9 Å². The van der Waals surface area contributed by atoms with Gasteiger partial charge in [0.1, 0.15) is 15.4 Å². The molecule has 0 radical (unpaired) electrons. The molecule has 0 aliphatic carbocycles. The number of benzene rings is 4. The molecule has 0 bridgehead atoms. The van der Waals surface area contributed by atoms with E-state index in [1.165, 1.54) is 0 Å². The molecular formula is C36H36ClN5O4S2. The lowest BCUT2D eigenvalue weighted by Gasteiger charge is -2.33. The van der Waals surface area contributed by atoms with Crippen molar-refractivity contribution in [3.8, 4) is 11.3 Å². The molecule has 12 heteroatoms. The van der Waals surface area contributed by atoms with E-state index < -0.39 is 15.4 Å². The fraction of sp³-hybridized carbons (Fsp3) is 0.194. The first kappa shape index (κ1) is 34.8. The molecule has 1 aromatic heterocycles. The molecule has 0 aliphatic rings. The number of hydrogen-bond donors (Lipinski definition) is 4. The fourth-order valence-electron chi connectivity index (χ4n) is 5.52. The Morgan fingerprint density at radius 1 is 0.833 bits per heavy atom. The topological polar surface area (TPSA) is 129 Å². The number of amides is 2. The van der Waals surface area contributed by atoms with Crippen molar-refractivity contribution in [1.82, 2.24) is 15.6 Å². The van der Waals surface area contributed by atoms with Crippen LogP contribution in [0.5, 0.6) is 0 Å². The number of thiazole rings is 1. The van der Waals surface area contributed by atoms with Crippen LogP contribution in [0.3, 0.4) is 0 Å².